The van der Waals surface area contributed by atoms with Crippen molar-refractivity contribution in [1.29, 1.82) is 0 Å². The molecule has 0 bridgehead atoms. The number of hydrogen-bond acceptors (Lipinski definition) is 6. The maximum atomic E-state index is 13.6. The molecule has 158 valence electrons. The summed E-state index contributed by atoms with van der Waals surface area (Å²) in [5.41, 5.74) is 5.17. The number of likely N-dealkylation sites (tertiary alicyclic amines) is 1. The largest absolute Gasteiger partial charge is 0.480 e. The molecule has 1 fully saturated rings. The van der Waals surface area contributed by atoms with Gasteiger partial charge in [-0.1, -0.05) is 0 Å². The zero-order chi connectivity index (χ0) is 20.9. The third-order valence-corrected chi connectivity index (χ3v) is 6.93. The molecule has 7 heteroatoms. The lowest BCUT2D eigenvalue weighted by Gasteiger charge is -2.40. The number of nitrogens with zero attached hydrogens (tertiary/aromatic N) is 5. The lowest BCUT2D eigenvalue weighted by molar-refractivity contribution is 0.0629. The van der Waals surface area contributed by atoms with Gasteiger partial charge in [-0.3, -0.25) is 4.79 Å². The minimum absolute atomic E-state index is 0.0310. The number of hydrogen-bond donors (Lipinski definition) is 0. The molecule has 2 aromatic heterocycles. The van der Waals surface area contributed by atoms with Crippen LogP contribution in [-0.2, 0) is 24.7 Å². The van der Waals surface area contributed by atoms with Crippen molar-refractivity contribution < 1.29 is 9.53 Å². The van der Waals surface area contributed by atoms with E-state index in [1.807, 2.05) is 36.2 Å². The minimum atomic E-state index is -0.0751. The van der Waals surface area contributed by atoms with E-state index in [4.69, 9.17) is 9.72 Å². The Bertz CT molecular complexity index is 1000. The van der Waals surface area contributed by atoms with Crippen LogP contribution in [0.2, 0.25) is 0 Å². The van der Waals surface area contributed by atoms with Crippen molar-refractivity contribution in [2.24, 2.45) is 0 Å². The molecule has 3 aliphatic rings. The van der Waals surface area contributed by atoms with Gasteiger partial charge in [-0.15, -0.1) is 0 Å². The third-order valence-electron chi connectivity index (χ3n) is 6.93. The Morgan fingerprint density at radius 1 is 1.13 bits per heavy atom. The number of rotatable bonds is 3. The van der Waals surface area contributed by atoms with Gasteiger partial charge in [0.05, 0.1) is 12.8 Å². The Morgan fingerprint density at radius 3 is 2.80 bits per heavy atom. The molecule has 0 radical (unpaired) electrons. The van der Waals surface area contributed by atoms with Gasteiger partial charge in [0.25, 0.3) is 5.91 Å². The zero-order valence-corrected chi connectivity index (χ0v) is 18.1. The Kier molecular flexibility index (Phi) is 4.64. The Labute approximate surface area is 177 Å². The van der Waals surface area contributed by atoms with E-state index in [0.29, 0.717) is 18.0 Å². The zero-order valence-electron chi connectivity index (χ0n) is 18.1. The summed E-state index contributed by atoms with van der Waals surface area (Å²) in [6.07, 6.45) is 9.08. The van der Waals surface area contributed by atoms with Gasteiger partial charge in [-0.05, 0) is 62.1 Å². The Morgan fingerprint density at radius 2 is 2.00 bits per heavy atom. The Hall–Kier alpha value is -2.70. The predicted molar refractivity (Wildman–Crippen MR) is 114 cm³/mol. The van der Waals surface area contributed by atoms with E-state index in [-0.39, 0.29) is 11.3 Å². The number of aryl methyl sites for hydroxylation is 3. The number of pyridine rings is 1. The molecule has 1 amide bonds. The molecule has 2 aromatic rings. The summed E-state index contributed by atoms with van der Waals surface area (Å²) in [6.45, 7) is 1.46. The van der Waals surface area contributed by atoms with Gasteiger partial charge in [0, 0.05) is 44.5 Å². The monoisotopic (exact) mass is 407 g/mol. The number of anilines is 1. The van der Waals surface area contributed by atoms with E-state index in [2.05, 4.69) is 9.97 Å². The standard InChI is InChI=1S/C23H29N5O2/c1-27(2)22-24-13-16-8-10-23(19(16)26-22)9-5-11-28(14-23)21(29)17-12-15-6-4-7-18(15)25-20(17)30-3/h12-13H,4-11,14H2,1-3H3. The second-order valence-electron chi connectivity index (χ2n) is 9.05. The maximum absolute atomic E-state index is 13.6. The highest BCUT2D eigenvalue weighted by Gasteiger charge is 2.45. The number of amides is 1. The third kappa shape index (κ3) is 3.02. The van der Waals surface area contributed by atoms with Crippen molar-refractivity contribution in [2.45, 2.75) is 50.4 Å². The first-order valence-corrected chi connectivity index (χ1v) is 10.9. The molecule has 1 spiro atoms. The minimum Gasteiger partial charge on any atom is -0.480 e. The summed E-state index contributed by atoms with van der Waals surface area (Å²) in [7, 11) is 5.53. The maximum Gasteiger partial charge on any atom is 0.259 e. The van der Waals surface area contributed by atoms with E-state index in [0.717, 1.165) is 68.8 Å². The number of ether oxygens (including phenoxy) is 1. The van der Waals surface area contributed by atoms with Crippen LogP contribution in [0.3, 0.4) is 0 Å². The summed E-state index contributed by atoms with van der Waals surface area (Å²) in [6, 6.07) is 2.02. The van der Waals surface area contributed by atoms with Crippen LogP contribution in [0.25, 0.3) is 0 Å². The highest BCUT2D eigenvalue weighted by atomic mass is 16.5. The van der Waals surface area contributed by atoms with Gasteiger partial charge < -0.3 is 14.5 Å². The molecule has 2 aliphatic carbocycles. The van der Waals surface area contributed by atoms with Crippen LogP contribution in [0.4, 0.5) is 5.95 Å². The first-order chi connectivity index (χ1) is 14.5. The molecule has 1 aliphatic heterocycles. The van der Waals surface area contributed by atoms with Crippen molar-refractivity contribution >= 4 is 11.9 Å². The number of carbonyl (C=O) groups is 1. The average molecular weight is 408 g/mol. The molecule has 1 unspecified atom stereocenters. The topological polar surface area (TPSA) is 71.5 Å². The summed E-state index contributed by atoms with van der Waals surface area (Å²) >= 11 is 0. The summed E-state index contributed by atoms with van der Waals surface area (Å²) < 4.78 is 5.51. The van der Waals surface area contributed by atoms with Gasteiger partial charge in [0.2, 0.25) is 11.8 Å². The fourth-order valence-electron chi connectivity index (χ4n) is 5.38. The normalized spacial score (nSPS) is 22.2. The lowest BCUT2D eigenvalue weighted by atomic mass is 9.77. The van der Waals surface area contributed by atoms with Crippen molar-refractivity contribution in [3.63, 3.8) is 0 Å². The Balaban J connectivity index is 1.47. The average Bonchev–Trinajstić information content (AvgIpc) is 3.36. The summed E-state index contributed by atoms with van der Waals surface area (Å²) in [5, 5.41) is 0. The van der Waals surface area contributed by atoms with Crippen LogP contribution in [0.15, 0.2) is 12.3 Å². The van der Waals surface area contributed by atoms with Crippen molar-refractivity contribution in [3.8, 4) is 5.88 Å². The van der Waals surface area contributed by atoms with Crippen LogP contribution < -0.4 is 9.64 Å². The number of carbonyl (C=O) groups excluding carboxylic acids is 1. The lowest BCUT2D eigenvalue weighted by Crippen LogP contribution is -2.48. The fraction of sp³-hybridized carbons (Fsp3) is 0.565. The molecule has 0 aromatic carbocycles. The van der Waals surface area contributed by atoms with Crippen LogP contribution >= 0.6 is 0 Å². The highest BCUT2D eigenvalue weighted by molar-refractivity contribution is 5.97. The van der Waals surface area contributed by atoms with Crippen LogP contribution in [0.5, 0.6) is 5.88 Å². The van der Waals surface area contributed by atoms with Crippen molar-refractivity contribution in [2.75, 3.05) is 39.2 Å². The van der Waals surface area contributed by atoms with Crippen LogP contribution in [-0.4, -0.2) is 60.1 Å². The van der Waals surface area contributed by atoms with Gasteiger partial charge in [-0.25, -0.2) is 15.0 Å². The number of methoxy groups -OCH3 is 1. The van der Waals surface area contributed by atoms with Gasteiger partial charge in [0.1, 0.15) is 5.56 Å². The molecule has 0 saturated carbocycles. The van der Waals surface area contributed by atoms with E-state index in [1.165, 1.54) is 11.1 Å². The molecule has 1 atom stereocenters. The summed E-state index contributed by atoms with van der Waals surface area (Å²) in [5.74, 6) is 1.23. The van der Waals surface area contributed by atoms with Gasteiger partial charge in [0.15, 0.2) is 0 Å². The smallest absolute Gasteiger partial charge is 0.259 e. The van der Waals surface area contributed by atoms with E-state index in [9.17, 15) is 4.79 Å². The van der Waals surface area contributed by atoms with E-state index in [1.54, 1.807) is 7.11 Å². The van der Waals surface area contributed by atoms with Gasteiger partial charge >= 0.3 is 0 Å². The first-order valence-electron chi connectivity index (χ1n) is 10.9. The molecular formula is C23H29N5O2. The second kappa shape index (κ2) is 7.22. The number of fused-ring (bicyclic) bond motifs is 3. The predicted octanol–water partition coefficient (Wildman–Crippen LogP) is 2.56. The van der Waals surface area contributed by atoms with Crippen molar-refractivity contribution in [1.82, 2.24) is 19.9 Å². The van der Waals surface area contributed by atoms with E-state index < -0.39 is 0 Å². The molecule has 7 nitrogen and oxygen atoms in total. The fourth-order valence-corrected chi connectivity index (χ4v) is 5.38. The highest BCUT2D eigenvalue weighted by Crippen LogP contribution is 2.44. The van der Waals surface area contributed by atoms with Crippen LogP contribution in [0.1, 0.15) is 58.6 Å². The quantitative estimate of drug-likeness (QED) is 0.779. The molecule has 1 saturated heterocycles. The summed E-state index contributed by atoms with van der Waals surface area (Å²) in [4.78, 5) is 31.6. The molecule has 3 heterocycles. The van der Waals surface area contributed by atoms with Gasteiger partial charge in [-0.2, -0.15) is 0 Å². The molecule has 30 heavy (non-hydrogen) atoms. The molecule has 0 N–H and O–H groups in total. The number of aromatic nitrogens is 3. The number of piperidine rings is 1. The molecular weight excluding hydrogens is 378 g/mol. The van der Waals surface area contributed by atoms with E-state index >= 15 is 0 Å². The van der Waals surface area contributed by atoms with Crippen LogP contribution in [0, 0.1) is 0 Å². The SMILES string of the molecule is COc1nc2c(cc1C(=O)N1CCCC3(CCc4cnc(N(C)C)nc43)C1)CCC2. The first kappa shape index (κ1) is 19.3. The second-order valence-corrected chi connectivity index (χ2v) is 9.05. The van der Waals surface area contributed by atoms with Crippen molar-refractivity contribution in [3.05, 3.63) is 40.3 Å². The molecule has 5 rings (SSSR count).